The first-order valence-corrected chi connectivity index (χ1v) is 14.3. The molecule has 0 spiro atoms. The zero-order valence-corrected chi connectivity index (χ0v) is 22.9. The summed E-state index contributed by atoms with van der Waals surface area (Å²) < 4.78 is 8.47. The largest absolute Gasteiger partial charge is 0.456 e. The maximum Gasteiger partial charge on any atom is 0.160 e. The molecule has 3 heterocycles. The lowest BCUT2D eigenvalue weighted by Gasteiger charge is -2.08. The number of furan rings is 1. The Kier molecular flexibility index (Phi) is 5.50. The highest BCUT2D eigenvalue weighted by atomic mass is 32.1. The molecule has 5 heteroatoms. The van der Waals surface area contributed by atoms with Gasteiger partial charge in [-0.15, -0.1) is 11.3 Å². The van der Waals surface area contributed by atoms with Crippen molar-refractivity contribution in [2.45, 2.75) is 6.54 Å². The molecule has 4 nitrogen and oxygen atoms in total. The van der Waals surface area contributed by atoms with Crippen molar-refractivity contribution in [2.75, 3.05) is 0 Å². The Hall–Kier alpha value is -5.13. The third kappa shape index (κ3) is 3.93. The number of thiophene rings is 1. The normalized spacial score (nSPS) is 11.6. The lowest BCUT2D eigenvalue weighted by atomic mass is 10.00. The van der Waals surface area contributed by atoms with Crippen LogP contribution < -0.4 is 0 Å². The number of fused-ring (bicyclic) bond motifs is 6. The smallest absolute Gasteiger partial charge is 0.160 e. The van der Waals surface area contributed by atoms with Gasteiger partial charge in [0.15, 0.2) is 5.82 Å². The fraction of sp³-hybridized carbons (Fsp3) is 0.0278. The zero-order valence-electron chi connectivity index (χ0n) is 22.0. The van der Waals surface area contributed by atoms with Crippen LogP contribution >= 0.6 is 11.3 Å². The van der Waals surface area contributed by atoms with Gasteiger partial charge in [0.05, 0.1) is 22.5 Å². The van der Waals surface area contributed by atoms with Crippen LogP contribution in [-0.4, -0.2) is 16.7 Å². The number of aliphatic imine (C=N–C) groups is 1. The van der Waals surface area contributed by atoms with E-state index in [-0.39, 0.29) is 0 Å². The van der Waals surface area contributed by atoms with Crippen LogP contribution in [0.5, 0.6) is 0 Å². The van der Waals surface area contributed by atoms with E-state index in [9.17, 15) is 0 Å². The third-order valence-electron chi connectivity index (χ3n) is 7.61. The highest BCUT2D eigenvalue weighted by molar-refractivity contribution is 7.26. The summed E-state index contributed by atoms with van der Waals surface area (Å²) in [4.78, 5) is 14.3. The van der Waals surface area contributed by atoms with Crippen molar-refractivity contribution in [1.29, 1.82) is 0 Å². The molecule has 0 aliphatic carbocycles. The first-order valence-electron chi connectivity index (χ1n) is 13.5. The fourth-order valence-electron chi connectivity index (χ4n) is 5.66. The Bertz CT molecular complexity index is 2250. The summed E-state index contributed by atoms with van der Waals surface area (Å²) in [6.07, 6.45) is 0. The molecule has 5 aromatic carbocycles. The van der Waals surface area contributed by atoms with Crippen LogP contribution in [0.4, 0.5) is 0 Å². The molecule has 0 aliphatic heterocycles. The number of hydrogen-bond acceptors (Lipinski definition) is 5. The molecule has 41 heavy (non-hydrogen) atoms. The predicted octanol–water partition coefficient (Wildman–Crippen LogP) is 9.95. The fourth-order valence-corrected chi connectivity index (χ4v) is 6.81. The van der Waals surface area contributed by atoms with Crippen molar-refractivity contribution < 1.29 is 4.42 Å². The van der Waals surface area contributed by atoms with Gasteiger partial charge >= 0.3 is 0 Å². The van der Waals surface area contributed by atoms with E-state index < -0.39 is 0 Å². The molecule has 0 aliphatic rings. The first-order chi connectivity index (χ1) is 20.3. The summed E-state index contributed by atoms with van der Waals surface area (Å²) in [5.41, 5.74) is 9.15. The standard InChI is InChI=1S/C36H23N3OS/c1-37-21-26-10-7-12-30-32(26)28-20-25(18-19-29(28)40-30)22-14-16-24(17-15-22)36-38-33(23-8-3-2-4-9-23)35-34(39-36)27-11-5-6-13-31(27)41-35/h2-20H,1,21H2. The summed E-state index contributed by atoms with van der Waals surface area (Å²) in [7, 11) is 0. The van der Waals surface area contributed by atoms with Gasteiger partial charge in [-0.3, -0.25) is 4.99 Å². The second-order valence-electron chi connectivity index (χ2n) is 10.1. The van der Waals surface area contributed by atoms with E-state index in [1.54, 1.807) is 11.3 Å². The molecule has 0 atom stereocenters. The summed E-state index contributed by atoms with van der Waals surface area (Å²) in [5.74, 6) is 0.726. The molecule has 8 aromatic rings. The lowest BCUT2D eigenvalue weighted by molar-refractivity contribution is 0.668. The number of nitrogens with zero attached hydrogens (tertiary/aromatic N) is 3. The highest BCUT2D eigenvalue weighted by Crippen LogP contribution is 2.40. The van der Waals surface area contributed by atoms with Gasteiger partial charge < -0.3 is 4.42 Å². The van der Waals surface area contributed by atoms with Gasteiger partial charge in [-0.25, -0.2) is 9.97 Å². The van der Waals surface area contributed by atoms with E-state index >= 15 is 0 Å². The molecule has 0 unspecified atom stereocenters. The van der Waals surface area contributed by atoms with Crippen molar-refractivity contribution in [1.82, 2.24) is 9.97 Å². The van der Waals surface area contributed by atoms with E-state index in [1.165, 1.54) is 4.70 Å². The van der Waals surface area contributed by atoms with Gasteiger partial charge in [0.2, 0.25) is 0 Å². The number of benzene rings is 5. The van der Waals surface area contributed by atoms with Crippen molar-refractivity contribution in [3.05, 3.63) is 121 Å². The van der Waals surface area contributed by atoms with E-state index in [0.717, 1.165) is 76.9 Å². The van der Waals surface area contributed by atoms with Gasteiger partial charge in [0.25, 0.3) is 0 Å². The number of hydrogen-bond donors (Lipinski definition) is 0. The Labute approximate surface area is 240 Å². The van der Waals surface area contributed by atoms with E-state index in [1.807, 2.05) is 18.2 Å². The molecule has 0 radical (unpaired) electrons. The topological polar surface area (TPSA) is 51.3 Å². The van der Waals surface area contributed by atoms with Crippen molar-refractivity contribution >= 4 is 60.3 Å². The van der Waals surface area contributed by atoms with Crippen LogP contribution in [0.2, 0.25) is 0 Å². The molecule has 0 saturated heterocycles. The summed E-state index contributed by atoms with van der Waals surface area (Å²) in [6, 6.07) is 39.8. The van der Waals surface area contributed by atoms with Crippen LogP contribution in [0, 0.1) is 0 Å². The number of rotatable bonds is 5. The van der Waals surface area contributed by atoms with Gasteiger partial charge in [-0.2, -0.15) is 0 Å². The minimum Gasteiger partial charge on any atom is -0.456 e. The maximum atomic E-state index is 6.14. The van der Waals surface area contributed by atoms with Gasteiger partial charge in [-0.1, -0.05) is 91.0 Å². The van der Waals surface area contributed by atoms with Crippen molar-refractivity contribution in [2.24, 2.45) is 4.99 Å². The summed E-state index contributed by atoms with van der Waals surface area (Å²) >= 11 is 1.75. The second-order valence-corrected chi connectivity index (χ2v) is 11.2. The van der Waals surface area contributed by atoms with Gasteiger partial charge in [0, 0.05) is 32.0 Å². The van der Waals surface area contributed by atoms with Gasteiger partial charge in [0.1, 0.15) is 11.2 Å². The minimum absolute atomic E-state index is 0.555. The molecule has 194 valence electrons. The molecule has 3 aromatic heterocycles. The Balaban J connectivity index is 1.25. The van der Waals surface area contributed by atoms with E-state index in [4.69, 9.17) is 14.4 Å². The molecule has 0 fully saturated rings. The molecular weight excluding hydrogens is 522 g/mol. The minimum atomic E-state index is 0.555. The highest BCUT2D eigenvalue weighted by Gasteiger charge is 2.17. The Morgan fingerprint density at radius 2 is 1.44 bits per heavy atom. The molecule has 0 saturated carbocycles. The molecule has 0 N–H and O–H groups in total. The summed E-state index contributed by atoms with van der Waals surface area (Å²) in [5, 5.41) is 3.36. The zero-order chi connectivity index (χ0) is 27.3. The molecular formula is C36H23N3OS. The van der Waals surface area contributed by atoms with Crippen LogP contribution in [-0.2, 0) is 6.54 Å². The third-order valence-corrected chi connectivity index (χ3v) is 8.77. The molecule has 8 rings (SSSR count). The average molecular weight is 546 g/mol. The molecule has 0 amide bonds. The average Bonchev–Trinajstić information content (AvgIpc) is 3.60. The Morgan fingerprint density at radius 1 is 0.659 bits per heavy atom. The van der Waals surface area contributed by atoms with Crippen LogP contribution in [0.15, 0.2) is 125 Å². The SMILES string of the molecule is C=NCc1cccc2oc3ccc(-c4ccc(-c5nc(-c6ccccc6)c6sc7ccccc7c6n5)cc4)cc3c12. The van der Waals surface area contributed by atoms with E-state index in [0.29, 0.717) is 6.54 Å². The maximum absolute atomic E-state index is 6.14. The summed E-state index contributed by atoms with van der Waals surface area (Å²) in [6.45, 7) is 4.24. The van der Waals surface area contributed by atoms with Crippen molar-refractivity contribution in [3.63, 3.8) is 0 Å². The van der Waals surface area contributed by atoms with Gasteiger partial charge in [-0.05, 0) is 47.7 Å². The van der Waals surface area contributed by atoms with Crippen LogP contribution in [0.3, 0.4) is 0 Å². The predicted molar refractivity (Wildman–Crippen MR) is 172 cm³/mol. The Morgan fingerprint density at radius 3 is 2.29 bits per heavy atom. The van der Waals surface area contributed by atoms with Crippen molar-refractivity contribution in [3.8, 4) is 33.8 Å². The quantitative estimate of drug-likeness (QED) is 0.202. The van der Waals surface area contributed by atoms with E-state index in [2.05, 4.69) is 109 Å². The monoisotopic (exact) mass is 545 g/mol. The molecule has 0 bridgehead atoms. The first kappa shape index (κ1) is 23.7. The lowest BCUT2D eigenvalue weighted by Crippen LogP contribution is -1.93. The number of aromatic nitrogens is 2. The van der Waals surface area contributed by atoms with Crippen LogP contribution in [0.25, 0.3) is 76.0 Å². The van der Waals surface area contributed by atoms with Crippen LogP contribution in [0.1, 0.15) is 5.56 Å². The second kappa shape index (κ2) is 9.51.